The van der Waals surface area contributed by atoms with Gasteiger partial charge in [-0.2, -0.15) is 0 Å². The summed E-state index contributed by atoms with van der Waals surface area (Å²) in [6, 6.07) is 3.44. The van der Waals surface area contributed by atoms with Gasteiger partial charge in [0.25, 0.3) is 0 Å². The van der Waals surface area contributed by atoms with Gasteiger partial charge >= 0.3 is 5.97 Å². The number of aliphatic carboxylic acids is 1. The predicted molar refractivity (Wildman–Crippen MR) is 72.3 cm³/mol. The van der Waals surface area contributed by atoms with E-state index in [0.29, 0.717) is 24.4 Å². The molecule has 1 atom stereocenters. The van der Waals surface area contributed by atoms with Crippen LogP contribution in [0.15, 0.2) is 12.1 Å². The fourth-order valence-electron chi connectivity index (χ4n) is 1.96. The molecule has 0 radical (unpaired) electrons. The molecule has 0 bridgehead atoms. The van der Waals surface area contributed by atoms with Crippen molar-refractivity contribution in [2.45, 2.75) is 27.2 Å². The summed E-state index contributed by atoms with van der Waals surface area (Å²) in [6.45, 7) is 6.38. The van der Waals surface area contributed by atoms with Gasteiger partial charge in [0.05, 0.1) is 5.92 Å². The van der Waals surface area contributed by atoms with Crippen LogP contribution in [0, 0.1) is 11.3 Å². The van der Waals surface area contributed by atoms with Gasteiger partial charge in [-0.25, -0.2) is 0 Å². The topological polar surface area (TPSA) is 105 Å². The zero-order chi connectivity index (χ0) is 14.8. The normalized spacial score (nSPS) is 13.3. The lowest BCUT2D eigenvalue weighted by atomic mass is 9.84. The maximum Gasteiger partial charge on any atom is 0.308 e. The SMILES string of the molecule is CC(C)(C)CC(CNc1ccc2nnnn2n1)C(=O)O. The Labute approximate surface area is 116 Å². The van der Waals surface area contributed by atoms with Crippen molar-refractivity contribution in [1.29, 1.82) is 0 Å². The van der Waals surface area contributed by atoms with E-state index in [0.717, 1.165) is 0 Å². The van der Waals surface area contributed by atoms with Crippen LogP contribution in [0.2, 0.25) is 0 Å². The molecule has 2 aromatic heterocycles. The number of rotatable bonds is 5. The summed E-state index contributed by atoms with van der Waals surface area (Å²) >= 11 is 0. The number of hydrogen-bond acceptors (Lipinski definition) is 6. The molecule has 8 nitrogen and oxygen atoms in total. The van der Waals surface area contributed by atoms with Gasteiger partial charge in [0.15, 0.2) is 5.65 Å². The Morgan fingerprint density at radius 2 is 2.20 bits per heavy atom. The molecule has 0 saturated heterocycles. The first-order valence-corrected chi connectivity index (χ1v) is 6.37. The fraction of sp³-hybridized carbons (Fsp3) is 0.583. The Morgan fingerprint density at radius 1 is 1.45 bits per heavy atom. The van der Waals surface area contributed by atoms with E-state index in [1.54, 1.807) is 12.1 Å². The van der Waals surface area contributed by atoms with Crippen LogP contribution in [0.1, 0.15) is 27.2 Å². The number of carbonyl (C=O) groups is 1. The number of aromatic nitrogens is 5. The molecule has 20 heavy (non-hydrogen) atoms. The zero-order valence-corrected chi connectivity index (χ0v) is 11.7. The Kier molecular flexibility index (Phi) is 3.82. The molecular weight excluding hydrogens is 260 g/mol. The van der Waals surface area contributed by atoms with Gasteiger partial charge in [0.2, 0.25) is 0 Å². The molecule has 2 N–H and O–H groups in total. The quantitative estimate of drug-likeness (QED) is 0.842. The monoisotopic (exact) mass is 278 g/mol. The highest BCUT2D eigenvalue weighted by atomic mass is 16.4. The van der Waals surface area contributed by atoms with Crippen molar-refractivity contribution < 1.29 is 9.90 Å². The van der Waals surface area contributed by atoms with Crippen LogP contribution in [-0.2, 0) is 4.79 Å². The van der Waals surface area contributed by atoms with Crippen molar-refractivity contribution in [3.8, 4) is 0 Å². The molecule has 0 aliphatic heterocycles. The molecule has 1 unspecified atom stereocenters. The molecule has 0 fully saturated rings. The number of nitrogens with one attached hydrogen (secondary N) is 1. The number of anilines is 1. The Morgan fingerprint density at radius 3 is 2.85 bits per heavy atom. The van der Waals surface area contributed by atoms with Gasteiger partial charge in [-0.3, -0.25) is 4.79 Å². The van der Waals surface area contributed by atoms with Crippen molar-refractivity contribution in [2.24, 2.45) is 11.3 Å². The third kappa shape index (κ3) is 3.62. The molecule has 2 aromatic rings. The molecule has 0 aromatic carbocycles. The number of tetrazole rings is 1. The van der Waals surface area contributed by atoms with Crippen molar-refractivity contribution in [2.75, 3.05) is 11.9 Å². The molecule has 0 aliphatic rings. The first kappa shape index (κ1) is 14.2. The van der Waals surface area contributed by atoms with E-state index < -0.39 is 11.9 Å². The smallest absolute Gasteiger partial charge is 0.308 e. The summed E-state index contributed by atoms with van der Waals surface area (Å²) in [5.74, 6) is -0.734. The highest BCUT2D eigenvalue weighted by Gasteiger charge is 2.24. The number of hydrogen-bond donors (Lipinski definition) is 2. The molecule has 0 spiro atoms. The van der Waals surface area contributed by atoms with E-state index in [4.69, 9.17) is 0 Å². The molecule has 2 rings (SSSR count). The molecule has 108 valence electrons. The molecule has 2 heterocycles. The van der Waals surface area contributed by atoms with Crippen LogP contribution in [0.25, 0.3) is 5.65 Å². The summed E-state index contributed by atoms with van der Waals surface area (Å²) in [6.07, 6.45) is 0.586. The second kappa shape index (κ2) is 5.40. The van der Waals surface area contributed by atoms with Crippen LogP contribution in [0.4, 0.5) is 5.82 Å². The first-order valence-electron chi connectivity index (χ1n) is 6.37. The lowest BCUT2D eigenvalue weighted by Crippen LogP contribution is -2.27. The Balaban J connectivity index is 2.03. The van der Waals surface area contributed by atoms with Gasteiger partial charge in [0.1, 0.15) is 5.82 Å². The molecule has 0 amide bonds. The van der Waals surface area contributed by atoms with Crippen molar-refractivity contribution >= 4 is 17.4 Å². The summed E-state index contributed by atoms with van der Waals surface area (Å²) in [5, 5.41) is 27.3. The number of nitrogens with zero attached hydrogens (tertiary/aromatic N) is 5. The zero-order valence-electron chi connectivity index (χ0n) is 11.7. The van der Waals surface area contributed by atoms with Gasteiger partial charge in [-0.15, -0.1) is 14.8 Å². The predicted octanol–water partition coefficient (Wildman–Crippen LogP) is 1.07. The fourth-order valence-corrected chi connectivity index (χ4v) is 1.96. The van der Waals surface area contributed by atoms with E-state index in [1.807, 2.05) is 20.8 Å². The summed E-state index contributed by atoms with van der Waals surface area (Å²) in [7, 11) is 0. The minimum absolute atomic E-state index is 0.0437. The van der Waals surface area contributed by atoms with Gasteiger partial charge in [-0.05, 0) is 34.4 Å². The molecule has 8 heteroatoms. The summed E-state index contributed by atoms with van der Waals surface area (Å²) in [5.41, 5.74) is 0.498. The van der Waals surface area contributed by atoms with Gasteiger partial charge in [0, 0.05) is 6.54 Å². The van der Waals surface area contributed by atoms with Crippen LogP contribution < -0.4 is 5.32 Å². The molecular formula is C12H18N6O2. The summed E-state index contributed by atoms with van der Waals surface area (Å²) < 4.78 is 1.29. The Hall–Kier alpha value is -2.25. The van der Waals surface area contributed by atoms with Crippen molar-refractivity contribution in [3.63, 3.8) is 0 Å². The first-order chi connectivity index (χ1) is 9.35. The average molecular weight is 278 g/mol. The number of carboxylic acid groups (broad SMARTS) is 1. The van der Waals surface area contributed by atoms with E-state index in [1.165, 1.54) is 4.63 Å². The maximum atomic E-state index is 11.3. The van der Waals surface area contributed by atoms with E-state index in [2.05, 4.69) is 25.9 Å². The van der Waals surface area contributed by atoms with E-state index >= 15 is 0 Å². The lowest BCUT2D eigenvalue weighted by Gasteiger charge is -2.23. The van der Waals surface area contributed by atoms with Crippen molar-refractivity contribution in [3.05, 3.63) is 12.1 Å². The van der Waals surface area contributed by atoms with Gasteiger partial charge in [-0.1, -0.05) is 20.8 Å². The highest BCUT2D eigenvalue weighted by molar-refractivity contribution is 5.70. The van der Waals surface area contributed by atoms with Crippen LogP contribution in [0.5, 0.6) is 0 Å². The van der Waals surface area contributed by atoms with E-state index in [9.17, 15) is 9.90 Å². The molecule has 0 saturated carbocycles. The van der Waals surface area contributed by atoms with Crippen LogP contribution >= 0.6 is 0 Å². The van der Waals surface area contributed by atoms with Crippen LogP contribution in [0.3, 0.4) is 0 Å². The Bertz CT molecular complexity index is 603. The maximum absolute atomic E-state index is 11.3. The second-order valence-electron chi connectivity index (χ2n) is 5.93. The van der Waals surface area contributed by atoms with Gasteiger partial charge < -0.3 is 10.4 Å². The minimum atomic E-state index is -0.809. The second-order valence-corrected chi connectivity index (χ2v) is 5.93. The third-order valence-electron chi connectivity index (χ3n) is 2.81. The van der Waals surface area contributed by atoms with E-state index in [-0.39, 0.29) is 5.41 Å². The summed E-state index contributed by atoms with van der Waals surface area (Å²) in [4.78, 5) is 11.3. The lowest BCUT2D eigenvalue weighted by molar-refractivity contribution is -0.142. The van der Waals surface area contributed by atoms with Crippen molar-refractivity contribution in [1.82, 2.24) is 25.3 Å². The number of fused-ring (bicyclic) bond motifs is 1. The standard InChI is InChI=1S/C12H18N6O2/c1-12(2,3)6-8(11(19)20)7-13-9-4-5-10-14-16-17-18(10)15-9/h4-5,8H,6-7H2,1-3H3,(H,13,15)(H,19,20). The molecule has 0 aliphatic carbocycles. The van der Waals surface area contributed by atoms with Crippen LogP contribution in [-0.4, -0.2) is 42.9 Å². The number of carboxylic acids is 1. The largest absolute Gasteiger partial charge is 0.481 e. The average Bonchev–Trinajstić information content (AvgIpc) is 2.80. The highest BCUT2D eigenvalue weighted by Crippen LogP contribution is 2.24. The third-order valence-corrected chi connectivity index (χ3v) is 2.81. The minimum Gasteiger partial charge on any atom is -0.481 e.